The van der Waals surface area contributed by atoms with Gasteiger partial charge in [0.25, 0.3) is 0 Å². The summed E-state index contributed by atoms with van der Waals surface area (Å²) < 4.78 is 13.7. The average Bonchev–Trinajstić information content (AvgIpc) is 2.30. The summed E-state index contributed by atoms with van der Waals surface area (Å²) in [7, 11) is 0. The van der Waals surface area contributed by atoms with E-state index in [9.17, 15) is 4.39 Å². The van der Waals surface area contributed by atoms with Gasteiger partial charge in [0.2, 0.25) is 0 Å². The van der Waals surface area contributed by atoms with Crippen molar-refractivity contribution in [1.82, 2.24) is 0 Å². The van der Waals surface area contributed by atoms with Gasteiger partial charge in [0.1, 0.15) is 0 Å². The van der Waals surface area contributed by atoms with Gasteiger partial charge in [-0.2, -0.15) is 0 Å². The van der Waals surface area contributed by atoms with Crippen LogP contribution in [0.1, 0.15) is 4.88 Å². The summed E-state index contributed by atoms with van der Waals surface area (Å²) in [6.45, 7) is 1.96. The van der Waals surface area contributed by atoms with E-state index < -0.39 is 5.82 Å². The van der Waals surface area contributed by atoms with Gasteiger partial charge in [-0.1, -0.05) is 0 Å². The largest absolute Gasteiger partial charge is 0.505 e. The molecule has 62 valence electrons. The third-order valence-electron chi connectivity index (χ3n) is 1.71. The summed E-state index contributed by atoms with van der Waals surface area (Å²) in [4.78, 5) is 1.12. The van der Waals surface area contributed by atoms with E-state index in [0.29, 0.717) is 0 Å². The van der Waals surface area contributed by atoms with Crippen molar-refractivity contribution in [2.75, 3.05) is 0 Å². The first kappa shape index (κ1) is 7.55. The van der Waals surface area contributed by atoms with Crippen molar-refractivity contribution in [3.05, 3.63) is 28.9 Å². The minimum Gasteiger partial charge on any atom is -0.505 e. The Morgan fingerprint density at radius 2 is 2.08 bits per heavy atom. The van der Waals surface area contributed by atoms with E-state index in [-0.39, 0.29) is 5.75 Å². The van der Waals surface area contributed by atoms with Crippen LogP contribution >= 0.6 is 11.3 Å². The van der Waals surface area contributed by atoms with Crippen LogP contribution in [0, 0.1) is 12.7 Å². The second kappa shape index (κ2) is 2.45. The zero-order chi connectivity index (χ0) is 8.72. The van der Waals surface area contributed by atoms with E-state index in [1.165, 1.54) is 12.1 Å². The first-order valence-electron chi connectivity index (χ1n) is 3.55. The Balaban J connectivity index is 2.83. The van der Waals surface area contributed by atoms with Crippen molar-refractivity contribution in [1.29, 1.82) is 0 Å². The highest BCUT2D eigenvalue weighted by atomic mass is 32.1. The molecule has 1 heterocycles. The lowest BCUT2D eigenvalue weighted by Crippen LogP contribution is -1.73. The number of fused-ring (bicyclic) bond motifs is 1. The molecule has 0 fully saturated rings. The lowest BCUT2D eigenvalue weighted by atomic mass is 10.2. The van der Waals surface area contributed by atoms with E-state index in [0.717, 1.165) is 15.0 Å². The van der Waals surface area contributed by atoms with Gasteiger partial charge in [0.15, 0.2) is 11.6 Å². The first-order chi connectivity index (χ1) is 5.66. The Hall–Kier alpha value is -1.09. The third kappa shape index (κ3) is 1.06. The fourth-order valence-corrected chi connectivity index (χ4v) is 2.12. The van der Waals surface area contributed by atoms with Crippen molar-refractivity contribution in [2.24, 2.45) is 0 Å². The van der Waals surface area contributed by atoms with Crippen LogP contribution in [0.3, 0.4) is 0 Å². The highest BCUT2D eigenvalue weighted by Crippen LogP contribution is 2.29. The Kier molecular flexibility index (Phi) is 1.54. The smallest absolute Gasteiger partial charge is 0.165 e. The maximum Gasteiger partial charge on any atom is 0.165 e. The summed E-state index contributed by atoms with van der Waals surface area (Å²) >= 11 is 1.55. The summed E-state index contributed by atoms with van der Waals surface area (Å²) in [6, 6.07) is 4.72. The van der Waals surface area contributed by atoms with E-state index in [1.54, 1.807) is 11.3 Å². The highest BCUT2D eigenvalue weighted by molar-refractivity contribution is 7.19. The topological polar surface area (TPSA) is 20.2 Å². The number of phenols is 1. The Morgan fingerprint density at radius 3 is 2.83 bits per heavy atom. The predicted molar refractivity (Wildman–Crippen MR) is 48.2 cm³/mol. The van der Waals surface area contributed by atoms with Crippen LogP contribution in [0.25, 0.3) is 10.1 Å². The zero-order valence-electron chi connectivity index (χ0n) is 6.47. The Labute approximate surface area is 73.1 Å². The lowest BCUT2D eigenvalue weighted by molar-refractivity contribution is 0.434. The molecule has 2 aromatic rings. The molecule has 0 atom stereocenters. The van der Waals surface area contributed by atoms with Gasteiger partial charge in [0, 0.05) is 15.6 Å². The van der Waals surface area contributed by atoms with E-state index >= 15 is 0 Å². The Morgan fingerprint density at radius 1 is 1.33 bits per heavy atom. The molecule has 0 aliphatic rings. The second-order valence-electron chi connectivity index (χ2n) is 2.70. The predicted octanol–water partition coefficient (Wildman–Crippen LogP) is 3.05. The number of thiophene rings is 1. The number of hydrogen-bond acceptors (Lipinski definition) is 2. The quantitative estimate of drug-likeness (QED) is 0.663. The van der Waals surface area contributed by atoms with Gasteiger partial charge in [0.05, 0.1) is 0 Å². The molecule has 3 heteroatoms. The van der Waals surface area contributed by atoms with E-state index in [1.807, 2.05) is 13.0 Å². The number of benzene rings is 1. The molecule has 0 bridgehead atoms. The lowest BCUT2D eigenvalue weighted by Gasteiger charge is -1.93. The van der Waals surface area contributed by atoms with Gasteiger partial charge in [-0.25, -0.2) is 4.39 Å². The SMILES string of the molecule is Cc1cc2cc(F)c(O)cc2s1. The number of halogens is 1. The molecule has 0 unspecified atom stereocenters. The molecule has 1 aromatic heterocycles. The normalized spacial score (nSPS) is 10.8. The second-order valence-corrected chi connectivity index (χ2v) is 3.99. The van der Waals surface area contributed by atoms with Gasteiger partial charge >= 0.3 is 0 Å². The number of rotatable bonds is 0. The van der Waals surface area contributed by atoms with Crippen molar-refractivity contribution < 1.29 is 9.50 Å². The van der Waals surface area contributed by atoms with Gasteiger partial charge in [-0.15, -0.1) is 11.3 Å². The van der Waals surface area contributed by atoms with Gasteiger partial charge in [-0.3, -0.25) is 0 Å². The summed E-state index contributed by atoms with van der Waals surface area (Å²) in [6.07, 6.45) is 0. The molecule has 1 N–H and O–H groups in total. The summed E-state index contributed by atoms with van der Waals surface area (Å²) in [5.41, 5.74) is 0. The molecule has 1 aromatic carbocycles. The van der Waals surface area contributed by atoms with E-state index in [4.69, 9.17) is 5.11 Å². The maximum absolute atomic E-state index is 12.8. The molecular formula is C9H7FOS. The Bertz CT molecular complexity index is 394. The number of hydrogen-bond donors (Lipinski definition) is 1. The molecule has 0 aliphatic carbocycles. The average molecular weight is 182 g/mol. The number of aromatic hydroxyl groups is 1. The van der Waals surface area contributed by atoms with Crippen LogP contribution < -0.4 is 0 Å². The van der Waals surface area contributed by atoms with Crippen molar-refractivity contribution in [3.8, 4) is 5.75 Å². The fourth-order valence-electron chi connectivity index (χ4n) is 1.18. The molecule has 0 saturated heterocycles. The molecule has 0 radical (unpaired) electrons. The summed E-state index contributed by atoms with van der Waals surface area (Å²) in [5.74, 6) is -0.829. The molecule has 0 amide bonds. The van der Waals surface area contributed by atoms with Crippen molar-refractivity contribution >= 4 is 21.4 Å². The molecule has 0 aliphatic heterocycles. The van der Waals surface area contributed by atoms with Crippen LogP contribution in [-0.4, -0.2) is 5.11 Å². The fraction of sp³-hybridized carbons (Fsp3) is 0.111. The molecular weight excluding hydrogens is 175 g/mol. The third-order valence-corrected chi connectivity index (χ3v) is 2.72. The molecule has 1 nitrogen and oxygen atoms in total. The standard InChI is InChI=1S/C9H7FOS/c1-5-2-6-3-7(10)8(11)4-9(6)12-5/h2-4,11H,1H3. The highest BCUT2D eigenvalue weighted by Gasteiger charge is 2.04. The van der Waals surface area contributed by atoms with Crippen LogP contribution in [-0.2, 0) is 0 Å². The minimum atomic E-state index is -0.555. The van der Waals surface area contributed by atoms with Gasteiger partial charge in [-0.05, 0) is 24.4 Å². The monoisotopic (exact) mass is 182 g/mol. The van der Waals surface area contributed by atoms with Crippen molar-refractivity contribution in [3.63, 3.8) is 0 Å². The van der Waals surface area contributed by atoms with Crippen LogP contribution in [0.4, 0.5) is 4.39 Å². The number of aryl methyl sites for hydroxylation is 1. The van der Waals surface area contributed by atoms with Gasteiger partial charge < -0.3 is 5.11 Å². The van der Waals surface area contributed by atoms with Crippen molar-refractivity contribution in [2.45, 2.75) is 6.92 Å². The maximum atomic E-state index is 12.8. The minimum absolute atomic E-state index is 0.274. The molecule has 12 heavy (non-hydrogen) atoms. The first-order valence-corrected chi connectivity index (χ1v) is 4.37. The van der Waals surface area contributed by atoms with Crippen LogP contribution in [0.15, 0.2) is 18.2 Å². The molecule has 2 rings (SSSR count). The van der Waals surface area contributed by atoms with Crippen LogP contribution in [0.2, 0.25) is 0 Å². The zero-order valence-corrected chi connectivity index (χ0v) is 7.28. The van der Waals surface area contributed by atoms with Crippen LogP contribution in [0.5, 0.6) is 5.75 Å². The molecule has 0 saturated carbocycles. The molecule has 0 spiro atoms. The summed E-state index contributed by atoms with van der Waals surface area (Å²) in [5, 5.41) is 9.91. The number of phenolic OH excluding ortho intramolecular Hbond substituents is 1. The van der Waals surface area contributed by atoms with E-state index in [2.05, 4.69) is 0 Å².